The van der Waals surface area contributed by atoms with Crippen molar-refractivity contribution in [2.45, 2.75) is 19.4 Å². The van der Waals surface area contributed by atoms with Gasteiger partial charge in [0, 0.05) is 5.69 Å². The van der Waals surface area contributed by atoms with E-state index in [4.69, 9.17) is 21.6 Å². The molecule has 128 valence electrons. The van der Waals surface area contributed by atoms with Crippen LogP contribution in [0.4, 0.5) is 10.1 Å². The molecule has 0 aromatic heterocycles. The van der Waals surface area contributed by atoms with Crippen LogP contribution in [0, 0.1) is 17.1 Å². The molecule has 5 nitrogen and oxygen atoms in total. The standard InChI is InChI=1S/C18H14ClFN2O3/c1-11(25-17(23)8-12-4-2-3-5-16(12)20)18(24)22-14-7-6-13(10-21)15(19)9-14/h2-7,9,11H,8H2,1H3,(H,22,24)/t11-/m0/s1. The Morgan fingerprint density at radius 3 is 2.68 bits per heavy atom. The average molecular weight is 361 g/mol. The zero-order valence-electron chi connectivity index (χ0n) is 13.3. The van der Waals surface area contributed by atoms with E-state index in [9.17, 15) is 14.0 Å². The van der Waals surface area contributed by atoms with Crippen LogP contribution in [0.5, 0.6) is 0 Å². The molecule has 1 amide bonds. The molecule has 25 heavy (non-hydrogen) atoms. The van der Waals surface area contributed by atoms with E-state index >= 15 is 0 Å². The molecule has 0 aliphatic heterocycles. The molecular formula is C18H14ClFN2O3. The minimum atomic E-state index is -1.08. The smallest absolute Gasteiger partial charge is 0.311 e. The van der Waals surface area contributed by atoms with Crippen molar-refractivity contribution in [3.63, 3.8) is 0 Å². The summed E-state index contributed by atoms with van der Waals surface area (Å²) in [6, 6.07) is 12.1. The third kappa shape index (κ3) is 5.03. The first kappa shape index (κ1) is 18.4. The predicted molar refractivity (Wildman–Crippen MR) is 90.5 cm³/mol. The molecule has 2 aromatic rings. The Labute approximate surface area is 149 Å². The highest BCUT2D eigenvalue weighted by Gasteiger charge is 2.19. The highest BCUT2D eigenvalue weighted by Crippen LogP contribution is 2.20. The number of halogens is 2. The minimum Gasteiger partial charge on any atom is -0.452 e. The quantitative estimate of drug-likeness (QED) is 0.828. The van der Waals surface area contributed by atoms with E-state index in [1.54, 1.807) is 6.07 Å². The molecule has 0 aliphatic rings. The van der Waals surface area contributed by atoms with Gasteiger partial charge in [0.15, 0.2) is 6.10 Å². The van der Waals surface area contributed by atoms with Gasteiger partial charge in [-0.15, -0.1) is 0 Å². The van der Waals surface area contributed by atoms with Crippen molar-refractivity contribution >= 4 is 29.2 Å². The SMILES string of the molecule is C[C@H](OC(=O)Cc1ccccc1F)C(=O)Nc1ccc(C#N)c(Cl)c1. The van der Waals surface area contributed by atoms with Crippen molar-refractivity contribution in [2.75, 3.05) is 5.32 Å². The maximum Gasteiger partial charge on any atom is 0.311 e. The van der Waals surface area contributed by atoms with E-state index < -0.39 is 23.8 Å². The van der Waals surface area contributed by atoms with E-state index in [0.717, 1.165) is 0 Å². The molecule has 1 atom stereocenters. The molecule has 0 fully saturated rings. The second-order valence-electron chi connectivity index (χ2n) is 5.20. The van der Waals surface area contributed by atoms with Crippen molar-refractivity contribution in [2.24, 2.45) is 0 Å². The lowest BCUT2D eigenvalue weighted by molar-refractivity contribution is -0.152. The maximum absolute atomic E-state index is 13.5. The Bertz CT molecular complexity index is 848. The van der Waals surface area contributed by atoms with Gasteiger partial charge in [0.05, 0.1) is 17.0 Å². The zero-order valence-corrected chi connectivity index (χ0v) is 14.0. The van der Waals surface area contributed by atoms with E-state index in [1.807, 2.05) is 6.07 Å². The number of nitrogens with zero attached hydrogens (tertiary/aromatic N) is 1. The van der Waals surface area contributed by atoms with Crippen LogP contribution in [0.15, 0.2) is 42.5 Å². The number of amides is 1. The van der Waals surface area contributed by atoms with Crippen LogP contribution in [0.1, 0.15) is 18.1 Å². The summed E-state index contributed by atoms with van der Waals surface area (Å²) in [5, 5.41) is 11.5. The minimum absolute atomic E-state index is 0.194. The lowest BCUT2D eigenvalue weighted by Gasteiger charge is -2.14. The number of hydrogen-bond donors (Lipinski definition) is 1. The van der Waals surface area contributed by atoms with E-state index in [1.165, 1.54) is 43.3 Å². The molecule has 0 saturated carbocycles. The van der Waals surface area contributed by atoms with Gasteiger partial charge >= 0.3 is 5.97 Å². The number of ether oxygens (including phenoxy) is 1. The van der Waals surface area contributed by atoms with Gasteiger partial charge in [-0.3, -0.25) is 9.59 Å². The van der Waals surface area contributed by atoms with Gasteiger partial charge in [-0.2, -0.15) is 5.26 Å². The molecule has 0 saturated heterocycles. The molecule has 1 N–H and O–H groups in total. The summed E-state index contributed by atoms with van der Waals surface area (Å²) in [5.74, 6) is -1.79. The van der Waals surface area contributed by atoms with E-state index in [0.29, 0.717) is 5.69 Å². The topological polar surface area (TPSA) is 79.2 Å². The normalized spacial score (nSPS) is 11.3. The molecule has 7 heteroatoms. The van der Waals surface area contributed by atoms with E-state index in [-0.39, 0.29) is 22.6 Å². The summed E-state index contributed by atoms with van der Waals surface area (Å²) >= 11 is 5.89. The van der Waals surface area contributed by atoms with E-state index in [2.05, 4.69) is 5.32 Å². The molecule has 0 aliphatic carbocycles. The number of esters is 1. The molecule has 0 bridgehead atoms. The predicted octanol–water partition coefficient (Wildman–Crippen LogP) is 3.46. The number of nitrogens with one attached hydrogen (secondary N) is 1. The molecule has 0 heterocycles. The fraction of sp³-hybridized carbons (Fsp3) is 0.167. The number of carbonyl (C=O) groups excluding carboxylic acids is 2. The maximum atomic E-state index is 13.5. The molecule has 2 aromatic carbocycles. The van der Waals surface area contributed by atoms with Crippen molar-refractivity contribution in [1.82, 2.24) is 0 Å². The summed E-state index contributed by atoms with van der Waals surface area (Å²) in [5.41, 5.74) is 0.842. The Hall–Kier alpha value is -2.91. The first-order valence-electron chi connectivity index (χ1n) is 7.34. The molecule has 0 radical (unpaired) electrons. The number of nitriles is 1. The van der Waals surface area contributed by atoms with Gasteiger partial charge in [0.2, 0.25) is 0 Å². The van der Waals surface area contributed by atoms with Gasteiger partial charge in [-0.05, 0) is 36.8 Å². The monoisotopic (exact) mass is 360 g/mol. The first-order valence-corrected chi connectivity index (χ1v) is 7.72. The van der Waals surface area contributed by atoms with Crippen molar-refractivity contribution < 1.29 is 18.7 Å². The molecule has 0 spiro atoms. The molecule has 2 rings (SSSR count). The second kappa shape index (κ2) is 8.27. The Morgan fingerprint density at radius 1 is 1.32 bits per heavy atom. The highest BCUT2D eigenvalue weighted by molar-refractivity contribution is 6.32. The number of carbonyl (C=O) groups is 2. The van der Waals surface area contributed by atoms with Crippen LogP contribution in [0.25, 0.3) is 0 Å². The largest absolute Gasteiger partial charge is 0.452 e. The third-order valence-electron chi connectivity index (χ3n) is 3.33. The van der Waals surface area contributed by atoms with Crippen LogP contribution < -0.4 is 5.32 Å². The fourth-order valence-electron chi connectivity index (χ4n) is 2.02. The number of benzene rings is 2. The Balaban J connectivity index is 1.94. The van der Waals surface area contributed by atoms with Crippen molar-refractivity contribution in [3.8, 4) is 6.07 Å². The van der Waals surface area contributed by atoms with Gasteiger partial charge in [-0.1, -0.05) is 29.8 Å². The summed E-state index contributed by atoms with van der Waals surface area (Å²) in [6.07, 6.45) is -1.35. The van der Waals surface area contributed by atoms with Crippen LogP contribution in [0.2, 0.25) is 5.02 Å². The lowest BCUT2D eigenvalue weighted by atomic mass is 10.1. The second-order valence-corrected chi connectivity index (χ2v) is 5.60. The van der Waals surface area contributed by atoms with Gasteiger partial charge in [0.25, 0.3) is 5.91 Å². The number of hydrogen-bond acceptors (Lipinski definition) is 4. The summed E-state index contributed by atoms with van der Waals surface area (Å²) in [7, 11) is 0. The summed E-state index contributed by atoms with van der Waals surface area (Å²) < 4.78 is 18.5. The Morgan fingerprint density at radius 2 is 2.04 bits per heavy atom. The molecular weight excluding hydrogens is 347 g/mol. The van der Waals surface area contributed by atoms with Crippen LogP contribution in [-0.4, -0.2) is 18.0 Å². The zero-order chi connectivity index (χ0) is 18.4. The van der Waals surface area contributed by atoms with Crippen LogP contribution in [0.3, 0.4) is 0 Å². The fourth-order valence-corrected chi connectivity index (χ4v) is 2.24. The number of rotatable bonds is 5. The van der Waals surface area contributed by atoms with Crippen molar-refractivity contribution in [3.05, 3.63) is 64.4 Å². The third-order valence-corrected chi connectivity index (χ3v) is 3.64. The summed E-state index contributed by atoms with van der Waals surface area (Å²) in [6.45, 7) is 1.40. The van der Waals surface area contributed by atoms with Gasteiger partial charge < -0.3 is 10.1 Å². The van der Waals surface area contributed by atoms with Crippen LogP contribution in [-0.2, 0) is 20.7 Å². The number of anilines is 1. The van der Waals surface area contributed by atoms with Gasteiger partial charge in [0.1, 0.15) is 11.9 Å². The average Bonchev–Trinajstić information content (AvgIpc) is 2.57. The molecule has 0 unspecified atom stereocenters. The van der Waals surface area contributed by atoms with Crippen molar-refractivity contribution in [1.29, 1.82) is 5.26 Å². The van der Waals surface area contributed by atoms with Gasteiger partial charge in [-0.25, -0.2) is 4.39 Å². The van der Waals surface area contributed by atoms with Crippen LogP contribution >= 0.6 is 11.6 Å². The highest BCUT2D eigenvalue weighted by atomic mass is 35.5. The first-order chi connectivity index (χ1) is 11.9. The Kier molecular flexibility index (Phi) is 6.09. The lowest BCUT2D eigenvalue weighted by Crippen LogP contribution is -2.30. The summed E-state index contributed by atoms with van der Waals surface area (Å²) in [4.78, 5) is 23.9.